The van der Waals surface area contributed by atoms with Crippen LogP contribution >= 0.6 is 0 Å². The summed E-state index contributed by atoms with van der Waals surface area (Å²) in [5.74, 6) is 2.29. The standard InChI is InChI=1S/C27H36N4O2/c32-26-8-4-6-24-22-12-20(16-30(24)26)14-28(18-22)10-2-1-3-11-29-15-21-13-23(19-29)25-7-5-9-27(33)31(25)17-21/h4-9,20-23H,1-3,10-19H2. The Labute approximate surface area is 195 Å². The van der Waals surface area contributed by atoms with E-state index in [2.05, 4.69) is 21.9 Å². The van der Waals surface area contributed by atoms with Gasteiger partial charge in [0, 0.05) is 74.6 Å². The lowest BCUT2D eigenvalue weighted by Gasteiger charge is -2.43. The third kappa shape index (κ3) is 4.24. The normalized spacial score (nSPS) is 28.8. The minimum Gasteiger partial charge on any atom is -0.312 e. The largest absolute Gasteiger partial charge is 0.312 e. The van der Waals surface area contributed by atoms with Crippen molar-refractivity contribution in [2.75, 3.05) is 39.3 Å². The molecule has 4 atom stereocenters. The van der Waals surface area contributed by atoms with Crippen LogP contribution in [-0.2, 0) is 13.1 Å². The molecule has 0 saturated carbocycles. The molecule has 2 aromatic heterocycles. The molecule has 0 spiro atoms. The summed E-state index contributed by atoms with van der Waals surface area (Å²) in [5.41, 5.74) is 2.85. The minimum absolute atomic E-state index is 0.174. The summed E-state index contributed by atoms with van der Waals surface area (Å²) < 4.78 is 4.05. The SMILES string of the molecule is O=c1cccc2n1CC1CC2CN(CCCCCN2CC3CC(C2)c2cccc(=O)n2C3)C1. The highest BCUT2D eigenvalue weighted by atomic mass is 16.1. The molecular formula is C27H36N4O2. The van der Waals surface area contributed by atoms with Gasteiger partial charge in [-0.25, -0.2) is 0 Å². The summed E-state index contributed by atoms with van der Waals surface area (Å²) in [7, 11) is 0. The van der Waals surface area contributed by atoms with E-state index in [9.17, 15) is 9.59 Å². The summed E-state index contributed by atoms with van der Waals surface area (Å²) in [6, 6.07) is 11.6. The second kappa shape index (κ2) is 8.88. The van der Waals surface area contributed by atoms with Gasteiger partial charge in [0.05, 0.1) is 0 Å². The topological polar surface area (TPSA) is 50.5 Å². The Morgan fingerprint density at radius 1 is 0.606 bits per heavy atom. The summed E-state index contributed by atoms with van der Waals surface area (Å²) >= 11 is 0. The van der Waals surface area contributed by atoms with Crippen LogP contribution < -0.4 is 11.1 Å². The van der Waals surface area contributed by atoms with Crippen LogP contribution in [0.5, 0.6) is 0 Å². The van der Waals surface area contributed by atoms with Gasteiger partial charge in [0.15, 0.2) is 0 Å². The number of hydrogen-bond acceptors (Lipinski definition) is 4. The van der Waals surface area contributed by atoms with Gasteiger partial charge in [0.2, 0.25) is 0 Å². The van der Waals surface area contributed by atoms with Crippen LogP contribution in [0.1, 0.15) is 55.3 Å². The van der Waals surface area contributed by atoms with Crippen molar-refractivity contribution in [3.63, 3.8) is 0 Å². The maximum absolute atomic E-state index is 12.2. The molecule has 6 nitrogen and oxygen atoms in total. The van der Waals surface area contributed by atoms with Crippen LogP contribution in [0.25, 0.3) is 0 Å². The molecule has 4 unspecified atom stereocenters. The number of rotatable bonds is 6. The Balaban J connectivity index is 0.968. The molecule has 4 bridgehead atoms. The molecule has 6 heteroatoms. The van der Waals surface area contributed by atoms with Gasteiger partial charge in [0.1, 0.15) is 0 Å². The van der Waals surface area contributed by atoms with Gasteiger partial charge in [-0.3, -0.25) is 9.59 Å². The van der Waals surface area contributed by atoms with Crippen LogP contribution in [0.3, 0.4) is 0 Å². The minimum atomic E-state index is 0.174. The number of unbranched alkanes of at least 4 members (excludes halogenated alkanes) is 2. The summed E-state index contributed by atoms with van der Waals surface area (Å²) in [5, 5.41) is 0. The van der Waals surface area contributed by atoms with Crippen molar-refractivity contribution in [1.82, 2.24) is 18.9 Å². The van der Waals surface area contributed by atoms with E-state index in [4.69, 9.17) is 0 Å². The fraction of sp³-hybridized carbons (Fsp3) is 0.630. The van der Waals surface area contributed by atoms with Crippen molar-refractivity contribution in [3.05, 3.63) is 68.5 Å². The fourth-order valence-electron chi connectivity index (χ4n) is 7.20. The number of pyridine rings is 2. The second-order valence-electron chi connectivity index (χ2n) is 11.0. The Hall–Kier alpha value is -2.18. The number of nitrogens with zero attached hydrogens (tertiary/aromatic N) is 4. The van der Waals surface area contributed by atoms with Crippen LogP contribution in [0.4, 0.5) is 0 Å². The Morgan fingerprint density at radius 3 is 1.58 bits per heavy atom. The van der Waals surface area contributed by atoms with E-state index in [0.717, 1.165) is 39.3 Å². The highest BCUT2D eigenvalue weighted by Crippen LogP contribution is 2.36. The number of fused-ring (bicyclic) bond motifs is 8. The van der Waals surface area contributed by atoms with Gasteiger partial charge in [-0.05, 0) is 62.7 Å². The van der Waals surface area contributed by atoms with E-state index in [1.165, 1.54) is 56.6 Å². The van der Waals surface area contributed by atoms with Crippen molar-refractivity contribution in [2.24, 2.45) is 11.8 Å². The maximum atomic E-state index is 12.2. The summed E-state index contributed by atoms with van der Waals surface area (Å²) in [6.45, 7) is 8.67. The average molecular weight is 449 g/mol. The van der Waals surface area contributed by atoms with Gasteiger partial charge in [-0.1, -0.05) is 18.6 Å². The number of piperidine rings is 2. The van der Waals surface area contributed by atoms with E-state index < -0.39 is 0 Å². The Kier molecular flexibility index (Phi) is 5.75. The number of likely N-dealkylation sites (tertiary alicyclic amines) is 2. The first-order chi connectivity index (χ1) is 16.1. The van der Waals surface area contributed by atoms with E-state index in [0.29, 0.717) is 23.7 Å². The lowest BCUT2D eigenvalue weighted by molar-refractivity contribution is 0.111. The zero-order valence-corrected chi connectivity index (χ0v) is 19.6. The molecule has 4 aliphatic heterocycles. The molecule has 2 fully saturated rings. The number of hydrogen-bond donors (Lipinski definition) is 0. The van der Waals surface area contributed by atoms with E-state index >= 15 is 0 Å². The summed E-state index contributed by atoms with van der Waals surface area (Å²) in [4.78, 5) is 29.7. The quantitative estimate of drug-likeness (QED) is 0.638. The van der Waals surface area contributed by atoms with Gasteiger partial charge >= 0.3 is 0 Å². The summed E-state index contributed by atoms with van der Waals surface area (Å²) in [6.07, 6.45) is 6.29. The maximum Gasteiger partial charge on any atom is 0.250 e. The van der Waals surface area contributed by atoms with Gasteiger partial charge in [-0.15, -0.1) is 0 Å². The first kappa shape index (κ1) is 21.4. The first-order valence-corrected chi connectivity index (χ1v) is 13.0. The van der Waals surface area contributed by atoms with Crippen molar-refractivity contribution in [3.8, 4) is 0 Å². The molecule has 0 aromatic carbocycles. The van der Waals surface area contributed by atoms with E-state index in [1.54, 1.807) is 12.1 Å². The van der Waals surface area contributed by atoms with Crippen molar-refractivity contribution < 1.29 is 0 Å². The molecule has 33 heavy (non-hydrogen) atoms. The third-order valence-corrected chi connectivity index (χ3v) is 8.56. The Bertz CT molecular complexity index is 1030. The van der Waals surface area contributed by atoms with Gasteiger partial charge < -0.3 is 18.9 Å². The second-order valence-corrected chi connectivity index (χ2v) is 11.0. The molecule has 176 valence electrons. The lowest BCUT2D eigenvalue weighted by Crippen LogP contribution is -2.47. The predicted octanol–water partition coefficient (Wildman–Crippen LogP) is 2.72. The zero-order valence-electron chi connectivity index (χ0n) is 19.6. The van der Waals surface area contributed by atoms with E-state index in [-0.39, 0.29) is 11.1 Å². The molecule has 6 heterocycles. The molecule has 4 aliphatic rings. The Morgan fingerprint density at radius 2 is 1.09 bits per heavy atom. The fourth-order valence-corrected chi connectivity index (χ4v) is 7.20. The first-order valence-electron chi connectivity index (χ1n) is 13.0. The van der Waals surface area contributed by atoms with Crippen LogP contribution in [0.2, 0.25) is 0 Å². The van der Waals surface area contributed by atoms with Gasteiger partial charge in [-0.2, -0.15) is 0 Å². The third-order valence-electron chi connectivity index (χ3n) is 8.56. The monoisotopic (exact) mass is 448 g/mol. The molecule has 0 radical (unpaired) electrons. The average Bonchev–Trinajstić information content (AvgIpc) is 2.80. The van der Waals surface area contributed by atoms with E-state index in [1.807, 2.05) is 21.3 Å². The van der Waals surface area contributed by atoms with Crippen LogP contribution in [0, 0.1) is 11.8 Å². The van der Waals surface area contributed by atoms with Gasteiger partial charge in [0.25, 0.3) is 11.1 Å². The molecule has 0 aliphatic carbocycles. The smallest absolute Gasteiger partial charge is 0.250 e. The predicted molar refractivity (Wildman–Crippen MR) is 130 cm³/mol. The molecule has 6 rings (SSSR count). The van der Waals surface area contributed by atoms with Crippen molar-refractivity contribution in [2.45, 2.75) is 57.0 Å². The molecule has 0 N–H and O–H groups in total. The van der Waals surface area contributed by atoms with Crippen LogP contribution in [0.15, 0.2) is 46.0 Å². The lowest BCUT2D eigenvalue weighted by atomic mass is 9.83. The highest BCUT2D eigenvalue weighted by molar-refractivity contribution is 5.18. The molecular weight excluding hydrogens is 412 g/mol. The van der Waals surface area contributed by atoms with Crippen molar-refractivity contribution in [1.29, 1.82) is 0 Å². The zero-order chi connectivity index (χ0) is 22.4. The molecule has 2 aromatic rings. The molecule has 0 amide bonds. The number of aromatic nitrogens is 2. The van der Waals surface area contributed by atoms with Crippen molar-refractivity contribution >= 4 is 0 Å². The highest BCUT2D eigenvalue weighted by Gasteiger charge is 2.35. The van der Waals surface area contributed by atoms with Crippen LogP contribution in [-0.4, -0.2) is 58.2 Å². The molecule has 2 saturated heterocycles.